The highest BCUT2D eigenvalue weighted by atomic mass is 32.1. The van der Waals surface area contributed by atoms with Crippen LogP contribution in [0, 0.1) is 11.7 Å². The number of halogens is 1. The highest BCUT2D eigenvalue weighted by Crippen LogP contribution is 2.24. The summed E-state index contributed by atoms with van der Waals surface area (Å²) in [4.78, 5) is 13.7. The van der Waals surface area contributed by atoms with Gasteiger partial charge in [-0.1, -0.05) is 12.2 Å². The molecule has 0 aliphatic carbocycles. The number of rotatable bonds is 4. The lowest BCUT2D eigenvalue weighted by atomic mass is 9.92. The third-order valence-corrected chi connectivity index (χ3v) is 4.35. The Kier molecular flexibility index (Phi) is 4.90. The zero-order valence-electron chi connectivity index (χ0n) is 12.0. The summed E-state index contributed by atoms with van der Waals surface area (Å²) in [5.41, 5.74) is 12.2. The number of hydrogen-bond donors (Lipinski definition) is 2. The van der Waals surface area contributed by atoms with E-state index in [1.165, 1.54) is 6.07 Å². The second kappa shape index (κ2) is 6.49. The molecule has 4 N–H and O–H groups in total. The quantitative estimate of drug-likeness (QED) is 0.828. The molecule has 2 atom stereocenters. The maximum atomic E-state index is 14.0. The Morgan fingerprint density at radius 1 is 1.43 bits per heavy atom. The number of carbonyl (C=O) groups excluding carboxylic acids is 1. The average molecular weight is 309 g/mol. The fourth-order valence-electron chi connectivity index (χ4n) is 2.70. The molecule has 0 radical (unpaired) electrons. The van der Waals surface area contributed by atoms with Gasteiger partial charge in [-0.05, 0) is 38.0 Å². The number of benzene rings is 1. The Bertz CT molecular complexity index is 564. The lowest BCUT2D eigenvalue weighted by Crippen LogP contribution is -2.45. The van der Waals surface area contributed by atoms with Gasteiger partial charge in [-0.25, -0.2) is 4.39 Å². The topological polar surface area (TPSA) is 72.4 Å². The van der Waals surface area contributed by atoms with Crippen molar-refractivity contribution in [3.8, 4) is 0 Å². The Balaban J connectivity index is 2.17. The molecule has 1 heterocycles. The average Bonchev–Trinajstić information content (AvgIpc) is 2.43. The van der Waals surface area contributed by atoms with Crippen LogP contribution in [0.4, 0.5) is 4.39 Å². The molecule has 1 aliphatic rings. The molecule has 0 spiro atoms. The maximum Gasteiger partial charge on any atom is 0.221 e. The zero-order chi connectivity index (χ0) is 15.6. The molecule has 1 amide bonds. The van der Waals surface area contributed by atoms with E-state index in [1.807, 2.05) is 0 Å². The highest BCUT2D eigenvalue weighted by Gasteiger charge is 2.29. The van der Waals surface area contributed by atoms with E-state index in [9.17, 15) is 9.18 Å². The molecule has 1 aliphatic heterocycles. The van der Waals surface area contributed by atoms with E-state index in [0.29, 0.717) is 24.2 Å². The first kappa shape index (κ1) is 15.9. The van der Waals surface area contributed by atoms with Crippen LogP contribution in [0.3, 0.4) is 0 Å². The number of likely N-dealkylation sites (tertiary alicyclic amines) is 1. The van der Waals surface area contributed by atoms with Gasteiger partial charge in [0.25, 0.3) is 0 Å². The standard InChI is InChI=1S/C15H20FN3OS/c1-9-2-3-11(14(17)20)7-19(9)8-12-6-10(15(18)21)4-5-13(12)16/h4-6,9,11H,2-3,7-8H2,1H3,(H2,17,20)(H2,18,21). The van der Waals surface area contributed by atoms with Crippen LogP contribution in [-0.2, 0) is 11.3 Å². The fourth-order valence-corrected chi connectivity index (χ4v) is 2.83. The summed E-state index contributed by atoms with van der Waals surface area (Å²) in [6.45, 7) is 3.06. The van der Waals surface area contributed by atoms with Crippen molar-refractivity contribution in [2.24, 2.45) is 17.4 Å². The van der Waals surface area contributed by atoms with Gasteiger partial charge in [-0.2, -0.15) is 0 Å². The number of thiocarbonyl (C=S) groups is 1. The van der Waals surface area contributed by atoms with Gasteiger partial charge in [0.2, 0.25) is 5.91 Å². The predicted octanol–water partition coefficient (Wildman–Crippen LogP) is 1.55. The minimum absolute atomic E-state index is 0.164. The number of piperidine rings is 1. The van der Waals surface area contributed by atoms with Gasteiger partial charge < -0.3 is 11.5 Å². The lowest BCUT2D eigenvalue weighted by molar-refractivity contribution is -0.124. The van der Waals surface area contributed by atoms with E-state index in [1.54, 1.807) is 12.1 Å². The van der Waals surface area contributed by atoms with Crippen LogP contribution in [-0.4, -0.2) is 28.4 Å². The number of hydrogen-bond acceptors (Lipinski definition) is 3. The Hall–Kier alpha value is -1.53. The van der Waals surface area contributed by atoms with Crippen molar-refractivity contribution in [2.45, 2.75) is 32.4 Å². The van der Waals surface area contributed by atoms with E-state index in [4.69, 9.17) is 23.7 Å². The fraction of sp³-hybridized carbons (Fsp3) is 0.467. The largest absolute Gasteiger partial charge is 0.389 e. The summed E-state index contributed by atoms with van der Waals surface area (Å²) in [5, 5.41) is 0. The van der Waals surface area contributed by atoms with Crippen molar-refractivity contribution < 1.29 is 9.18 Å². The van der Waals surface area contributed by atoms with Crippen molar-refractivity contribution in [1.29, 1.82) is 0 Å². The summed E-state index contributed by atoms with van der Waals surface area (Å²) in [6, 6.07) is 4.92. The maximum absolute atomic E-state index is 14.0. The number of nitrogens with zero attached hydrogens (tertiary/aromatic N) is 1. The van der Waals surface area contributed by atoms with Crippen LogP contribution in [0.25, 0.3) is 0 Å². The first-order valence-corrected chi connectivity index (χ1v) is 7.41. The molecule has 114 valence electrons. The third-order valence-electron chi connectivity index (χ3n) is 4.12. The number of carbonyl (C=O) groups is 1. The van der Waals surface area contributed by atoms with Crippen LogP contribution >= 0.6 is 12.2 Å². The normalized spacial score (nSPS) is 23.0. The number of nitrogens with two attached hydrogens (primary N) is 2. The molecule has 0 bridgehead atoms. The highest BCUT2D eigenvalue weighted by molar-refractivity contribution is 7.80. The molecule has 1 saturated heterocycles. The minimum Gasteiger partial charge on any atom is -0.389 e. The summed E-state index contributed by atoms with van der Waals surface area (Å²) < 4.78 is 14.0. The molecule has 1 aromatic rings. The molecule has 2 unspecified atom stereocenters. The van der Waals surface area contributed by atoms with Crippen molar-refractivity contribution in [3.05, 3.63) is 35.1 Å². The second-order valence-corrected chi connectivity index (χ2v) is 6.07. The third kappa shape index (κ3) is 3.77. The van der Waals surface area contributed by atoms with E-state index >= 15 is 0 Å². The summed E-state index contributed by atoms with van der Waals surface area (Å²) in [7, 11) is 0. The van der Waals surface area contributed by atoms with Crippen molar-refractivity contribution in [2.75, 3.05) is 6.54 Å². The molecule has 2 rings (SSSR count). The van der Waals surface area contributed by atoms with Gasteiger partial charge in [0.1, 0.15) is 10.8 Å². The summed E-state index contributed by atoms with van der Waals surface area (Å²) in [6.07, 6.45) is 1.67. The summed E-state index contributed by atoms with van der Waals surface area (Å²) >= 11 is 4.93. The molecular formula is C15H20FN3OS. The van der Waals surface area contributed by atoms with Crippen molar-refractivity contribution >= 4 is 23.1 Å². The van der Waals surface area contributed by atoms with E-state index in [-0.39, 0.29) is 28.7 Å². The van der Waals surface area contributed by atoms with Gasteiger partial charge in [0.05, 0.1) is 5.92 Å². The van der Waals surface area contributed by atoms with Gasteiger partial charge in [0.15, 0.2) is 0 Å². The first-order valence-electron chi connectivity index (χ1n) is 7.00. The van der Waals surface area contributed by atoms with Crippen LogP contribution in [0.15, 0.2) is 18.2 Å². The van der Waals surface area contributed by atoms with E-state index in [0.717, 1.165) is 12.8 Å². The Morgan fingerprint density at radius 2 is 2.14 bits per heavy atom. The molecule has 21 heavy (non-hydrogen) atoms. The number of amides is 1. The molecule has 0 saturated carbocycles. The summed E-state index contributed by atoms with van der Waals surface area (Å²) in [5.74, 6) is -0.740. The van der Waals surface area contributed by atoms with Crippen molar-refractivity contribution in [1.82, 2.24) is 4.90 Å². The molecule has 0 aromatic heterocycles. The van der Waals surface area contributed by atoms with Gasteiger partial charge >= 0.3 is 0 Å². The molecule has 1 aromatic carbocycles. The van der Waals surface area contributed by atoms with Crippen LogP contribution in [0.5, 0.6) is 0 Å². The SMILES string of the molecule is CC1CCC(C(N)=O)CN1Cc1cc(C(N)=S)ccc1F. The zero-order valence-corrected chi connectivity index (χ0v) is 12.8. The van der Waals surface area contributed by atoms with Crippen LogP contribution < -0.4 is 11.5 Å². The minimum atomic E-state index is -0.289. The van der Waals surface area contributed by atoms with Crippen molar-refractivity contribution in [3.63, 3.8) is 0 Å². The molecule has 1 fully saturated rings. The van der Waals surface area contributed by atoms with Crippen LogP contribution in [0.1, 0.15) is 30.9 Å². The van der Waals surface area contributed by atoms with Crippen LogP contribution in [0.2, 0.25) is 0 Å². The number of primary amides is 1. The second-order valence-electron chi connectivity index (χ2n) is 5.63. The first-order chi connectivity index (χ1) is 9.88. The smallest absolute Gasteiger partial charge is 0.221 e. The Morgan fingerprint density at radius 3 is 2.76 bits per heavy atom. The van der Waals surface area contributed by atoms with E-state index in [2.05, 4.69) is 11.8 Å². The lowest BCUT2D eigenvalue weighted by Gasteiger charge is -2.37. The van der Waals surface area contributed by atoms with Gasteiger partial charge in [0, 0.05) is 30.3 Å². The van der Waals surface area contributed by atoms with Gasteiger partial charge in [-0.3, -0.25) is 9.69 Å². The predicted molar refractivity (Wildman–Crippen MR) is 84.1 cm³/mol. The monoisotopic (exact) mass is 309 g/mol. The molecule has 4 nitrogen and oxygen atoms in total. The Labute approximate surface area is 129 Å². The van der Waals surface area contributed by atoms with Gasteiger partial charge in [-0.15, -0.1) is 0 Å². The molecular weight excluding hydrogens is 289 g/mol. The molecule has 6 heteroatoms. The van der Waals surface area contributed by atoms with E-state index < -0.39 is 0 Å².